The van der Waals surface area contributed by atoms with Crippen LogP contribution in [0.15, 0.2) is 48.7 Å². The molecule has 0 aliphatic carbocycles. The lowest BCUT2D eigenvalue weighted by Gasteiger charge is -2.12. The van der Waals surface area contributed by atoms with E-state index in [1.165, 1.54) is 47.2 Å². The number of ketones is 1. The van der Waals surface area contributed by atoms with Gasteiger partial charge in [-0.3, -0.25) is 4.79 Å². The van der Waals surface area contributed by atoms with Crippen molar-refractivity contribution in [3.05, 3.63) is 81.6 Å². The molecule has 2 aromatic carbocycles. The number of nitriles is 1. The average Bonchev–Trinajstić information content (AvgIpc) is 3.09. The molecule has 3 N–H and O–H groups in total. The molecule has 0 atom stereocenters. The topological polar surface area (TPSA) is 135 Å². The maximum atomic E-state index is 13.0. The molecule has 0 fully saturated rings. The molecule has 30 heavy (non-hydrogen) atoms. The molecule has 150 valence electrons. The highest BCUT2D eigenvalue weighted by molar-refractivity contribution is 6.32. The number of carboxylic acid groups (broad SMARTS) is 1. The summed E-state index contributed by atoms with van der Waals surface area (Å²) in [4.78, 5) is 36.7. The Morgan fingerprint density at radius 3 is 2.43 bits per heavy atom. The van der Waals surface area contributed by atoms with Gasteiger partial charge in [0.05, 0.1) is 34.6 Å². The number of aromatic carboxylic acids is 1. The first-order valence-electron chi connectivity index (χ1n) is 8.46. The number of carboxylic acids is 1. The van der Waals surface area contributed by atoms with Crippen LogP contribution >= 0.6 is 11.6 Å². The van der Waals surface area contributed by atoms with Gasteiger partial charge in [-0.2, -0.15) is 5.26 Å². The fourth-order valence-electron chi connectivity index (χ4n) is 2.97. The van der Waals surface area contributed by atoms with Gasteiger partial charge in [0.15, 0.2) is 11.5 Å². The molecule has 0 saturated heterocycles. The molecule has 3 aromatic rings. The SMILES string of the molecule is COC(=O)c1c(N)c(C#N)cn1-c1cc(C(=O)c2ccccc2C(=O)O)ccc1Cl. The van der Waals surface area contributed by atoms with Crippen LogP contribution in [0, 0.1) is 11.3 Å². The Morgan fingerprint density at radius 1 is 1.17 bits per heavy atom. The van der Waals surface area contributed by atoms with Crippen LogP contribution in [0.3, 0.4) is 0 Å². The minimum Gasteiger partial charge on any atom is -0.478 e. The molecule has 9 heteroatoms. The monoisotopic (exact) mass is 423 g/mol. The number of esters is 1. The fraction of sp³-hybridized carbons (Fsp3) is 0.0476. The van der Waals surface area contributed by atoms with Crippen molar-refractivity contribution in [1.82, 2.24) is 4.57 Å². The Kier molecular flexibility index (Phi) is 5.58. The van der Waals surface area contributed by atoms with E-state index >= 15 is 0 Å². The number of nitrogens with two attached hydrogens (primary N) is 1. The normalized spacial score (nSPS) is 10.3. The van der Waals surface area contributed by atoms with E-state index < -0.39 is 17.7 Å². The van der Waals surface area contributed by atoms with Crippen molar-refractivity contribution in [3.63, 3.8) is 0 Å². The zero-order valence-corrected chi connectivity index (χ0v) is 16.3. The Bertz CT molecular complexity index is 1240. The third kappa shape index (κ3) is 3.50. The number of rotatable bonds is 5. The lowest BCUT2D eigenvalue weighted by molar-refractivity contribution is 0.0592. The van der Waals surface area contributed by atoms with Crippen LogP contribution in [0.2, 0.25) is 5.02 Å². The molecule has 0 amide bonds. The predicted molar refractivity (Wildman–Crippen MR) is 108 cm³/mol. The maximum Gasteiger partial charge on any atom is 0.357 e. The number of methoxy groups -OCH3 is 1. The second-order valence-corrected chi connectivity index (χ2v) is 6.53. The summed E-state index contributed by atoms with van der Waals surface area (Å²) in [7, 11) is 1.16. The highest BCUT2D eigenvalue weighted by Gasteiger charge is 2.24. The summed E-state index contributed by atoms with van der Waals surface area (Å²) < 4.78 is 6.01. The molecular weight excluding hydrogens is 410 g/mol. The van der Waals surface area contributed by atoms with Gasteiger partial charge < -0.3 is 20.1 Å². The van der Waals surface area contributed by atoms with Crippen LogP contribution in [0.25, 0.3) is 5.69 Å². The first-order valence-corrected chi connectivity index (χ1v) is 8.84. The van der Waals surface area contributed by atoms with Gasteiger partial charge >= 0.3 is 11.9 Å². The van der Waals surface area contributed by atoms with Crippen molar-refractivity contribution in [2.75, 3.05) is 12.8 Å². The van der Waals surface area contributed by atoms with E-state index in [1.807, 2.05) is 6.07 Å². The summed E-state index contributed by atoms with van der Waals surface area (Å²) in [5.74, 6) is -2.58. The largest absolute Gasteiger partial charge is 0.478 e. The van der Waals surface area contributed by atoms with Gasteiger partial charge in [0.1, 0.15) is 6.07 Å². The van der Waals surface area contributed by atoms with E-state index in [0.717, 1.165) is 7.11 Å². The van der Waals surface area contributed by atoms with Crippen LogP contribution in [0.4, 0.5) is 5.69 Å². The quantitative estimate of drug-likeness (QED) is 0.474. The highest BCUT2D eigenvalue weighted by Crippen LogP contribution is 2.30. The number of carbonyl (C=O) groups excluding carboxylic acids is 2. The molecule has 0 aliphatic heterocycles. The molecule has 1 aromatic heterocycles. The number of nitrogen functional groups attached to an aromatic ring is 1. The predicted octanol–water partition coefficient (Wildman–Crippen LogP) is 3.30. The number of benzene rings is 2. The number of carbonyl (C=O) groups is 3. The Labute approximate surface area is 175 Å². The van der Waals surface area contributed by atoms with Gasteiger partial charge in [-0.25, -0.2) is 9.59 Å². The fourth-order valence-corrected chi connectivity index (χ4v) is 3.17. The standard InChI is InChI=1S/C21H14ClN3O5/c1-30-21(29)18-17(24)12(9-23)10-25(18)16-8-11(6-7-15(16)22)19(26)13-4-2-3-5-14(13)20(27)28/h2-8,10H,24H2,1H3,(H,27,28). The second-order valence-electron chi connectivity index (χ2n) is 6.12. The van der Waals surface area contributed by atoms with E-state index in [4.69, 9.17) is 22.1 Å². The summed E-state index contributed by atoms with van der Waals surface area (Å²) in [6.07, 6.45) is 1.31. The zero-order valence-electron chi connectivity index (χ0n) is 15.5. The third-order valence-corrected chi connectivity index (χ3v) is 4.73. The molecule has 0 spiro atoms. The number of aromatic nitrogens is 1. The summed E-state index contributed by atoms with van der Waals surface area (Å²) in [6.45, 7) is 0. The Hall–Kier alpha value is -4.09. The van der Waals surface area contributed by atoms with Gasteiger partial charge in [-0.05, 0) is 24.3 Å². The smallest absolute Gasteiger partial charge is 0.357 e. The lowest BCUT2D eigenvalue weighted by atomic mass is 9.98. The van der Waals surface area contributed by atoms with E-state index in [-0.39, 0.29) is 44.3 Å². The maximum absolute atomic E-state index is 13.0. The zero-order chi connectivity index (χ0) is 22.0. The van der Waals surface area contributed by atoms with E-state index in [9.17, 15) is 24.8 Å². The van der Waals surface area contributed by atoms with Crippen LogP contribution in [0.5, 0.6) is 0 Å². The number of hydrogen-bond donors (Lipinski definition) is 2. The number of hydrogen-bond acceptors (Lipinski definition) is 6. The van der Waals surface area contributed by atoms with E-state index in [0.29, 0.717) is 0 Å². The number of ether oxygens (including phenoxy) is 1. The van der Waals surface area contributed by atoms with Crippen molar-refractivity contribution in [2.45, 2.75) is 0 Å². The lowest BCUT2D eigenvalue weighted by Crippen LogP contribution is -2.13. The minimum absolute atomic E-state index is 0.00352. The van der Waals surface area contributed by atoms with Crippen molar-refractivity contribution >= 4 is 35.0 Å². The number of halogens is 1. The number of anilines is 1. The van der Waals surface area contributed by atoms with Gasteiger partial charge in [0.25, 0.3) is 0 Å². The molecular formula is C21H14ClN3O5. The molecule has 3 rings (SSSR count). The molecule has 0 bridgehead atoms. The van der Waals surface area contributed by atoms with Crippen LogP contribution in [-0.4, -0.2) is 34.5 Å². The van der Waals surface area contributed by atoms with E-state index in [2.05, 4.69) is 0 Å². The van der Waals surface area contributed by atoms with Crippen molar-refractivity contribution in [1.29, 1.82) is 5.26 Å². The molecule has 0 radical (unpaired) electrons. The molecule has 8 nitrogen and oxygen atoms in total. The van der Waals surface area contributed by atoms with Crippen molar-refractivity contribution in [2.24, 2.45) is 0 Å². The molecule has 0 saturated carbocycles. The van der Waals surface area contributed by atoms with E-state index in [1.54, 1.807) is 6.07 Å². The van der Waals surface area contributed by atoms with Gasteiger partial charge in [-0.1, -0.05) is 29.8 Å². The van der Waals surface area contributed by atoms with Crippen LogP contribution in [-0.2, 0) is 4.74 Å². The first-order chi connectivity index (χ1) is 14.3. The average molecular weight is 424 g/mol. The Balaban J connectivity index is 2.20. The highest BCUT2D eigenvalue weighted by atomic mass is 35.5. The summed E-state index contributed by atoms with van der Waals surface area (Å²) in [5, 5.41) is 18.8. The van der Waals surface area contributed by atoms with Crippen LogP contribution in [0.1, 0.15) is 42.3 Å². The van der Waals surface area contributed by atoms with Gasteiger partial charge in [-0.15, -0.1) is 0 Å². The number of nitrogens with zero attached hydrogens (tertiary/aromatic N) is 2. The summed E-state index contributed by atoms with van der Waals surface area (Å²) in [5.41, 5.74) is 5.90. The molecule has 0 aliphatic rings. The minimum atomic E-state index is -1.24. The first kappa shape index (κ1) is 20.6. The molecule has 0 unspecified atom stereocenters. The van der Waals surface area contributed by atoms with Crippen LogP contribution < -0.4 is 5.73 Å². The summed E-state index contributed by atoms with van der Waals surface area (Å²) in [6, 6.07) is 11.9. The third-order valence-electron chi connectivity index (χ3n) is 4.41. The van der Waals surface area contributed by atoms with Gasteiger partial charge in [0.2, 0.25) is 0 Å². The van der Waals surface area contributed by atoms with Gasteiger partial charge in [0, 0.05) is 17.3 Å². The Morgan fingerprint density at radius 2 is 1.83 bits per heavy atom. The second kappa shape index (κ2) is 8.11. The van der Waals surface area contributed by atoms with Crippen molar-refractivity contribution in [3.8, 4) is 11.8 Å². The van der Waals surface area contributed by atoms with Crippen molar-refractivity contribution < 1.29 is 24.2 Å². The molecule has 1 heterocycles. The summed E-state index contributed by atoms with van der Waals surface area (Å²) >= 11 is 6.29.